The zero-order chi connectivity index (χ0) is 23.4. The summed E-state index contributed by atoms with van der Waals surface area (Å²) in [4.78, 5) is 46.7. The molecule has 0 aliphatic rings. The monoisotopic (exact) mass is 442 g/mol. The SMILES string of the molecule is Cc1coc2cc3oc(=O)c(CCC(=O)N[C@@H](CCCNC(N)=O)C(=O)[O-])c(C)c3cc12. The molecule has 3 aromatic rings. The van der Waals surface area contributed by atoms with Crippen LogP contribution in [0.4, 0.5) is 4.79 Å². The van der Waals surface area contributed by atoms with E-state index >= 15 is 0 Å². The van der Waals surface area contributed by atoms with E-state index in [1.165, 1.54) is 0 Å². The first-order valence-electron chi connectivity index (χ1n) is 10.1. The van der Waals surface area contributed by atoms with Gasteiger partial charge in [-0.15, -0.1) is 0 Å². The number of nitrogens with two attached hydrogens (primary N) is 1. The highest BCUT2D eigenvalue weighted by atomic mass is 16.4. The molecule has 10 heteroatoms. The molecule has 1 aromatic carbocycles. The zero-order valence-corrected chi connectivity index (χ0v) is 17.8. The molecule has 2 heterocycles. The van der Waals surface area contributed by atoms with Crippen LogP contribution in [0, 0.1) is 13.8 Å². The van der Waals surface area contributed by atoms with Gasteiger partial charge in [-0.3, -0.25) is 4.79 Å². The van der Waals surface area contributed by atoms with Crippen molar-refractivity contribution in [1.82, 2.24) is 10.6 Å². The molecule has 4 N–H and O–H groups in total. The molecule has 0 bridgehead atoms. The van der Waals surface area contributed by atoms with Crippen molar-refractivity contribution in [3.8, 4) is 0 Å². The van der Waals surface area contributed by atoms with Gasteiger partial charge in [-0.05, 0) is 50.3 Å². The van der Waals surface area contributed by atoms with Gasteiger partial charge in [0.1, 0.15) is 11.2 Å². The number of furan rings is 1. The predicted octanol–water partition coefficient (Wildman–Crippen LogP) is 0.772. The number of benzene rings is 1. The van der Waals surface area contributed by atoms with E-state index < -0.39 is 29.6 Å². The molecule has 2 aromatic heterocycles. The number of fused-ring (bicyclic) bond motifs is 2. The van der Waals surface area contributed by atoms with Crippen molar-refractivity contribution in [2.75, 3.05) is 6.54 Å². The number of amides is 3. The lowest BCUT2D eigenvalue weighted by Gasteiger charge is -2.19. The summed E-state index contributed by atoms with van der Waals surface area (Å²) in [5, 5.41) is 17.7. The number of carbonyl (C=O) groups is 3. The van der Waals surface area contributed by atoms with E-state index in [1.54, 1.807) is 19.3 Å². The number of carboxylic acid groups (broad SMARTS) is 1. The number of nitrogens with one attached hydrogen (secondary N) is 2. The number of rotatable bonds is 9. The minimum absolute atomic E-state index is 0.0611. The maximum absolute atomic E-state index is 12.5. The molecule has 3 amide bonds. The van der Waals surface area contributed by atoms with Crippen LogP contribution in [0.2, 0.25) is 0 Å². The predicted molar refractivity (Wildman–Crippen MR) is 114 cm³/mol. The lowest BCUT2D eigenvalue weighted by atomic mass is 10.0. The Morgan fingerprint density at radius 1 is 1.16 bits per heavy atom. The fraction of sp³-hybridized carbons (Fsp3) is 0.364. The van der Waals surface area contributed by atoms with Crippen molar-refractivity contribution in [2.24, 2.45) is 5.73 Å². The number of carboxylic acids is 1. The zero-order valence-electron chi connectivity index (χ0n) is 17.8. The van der Waals surface area contributed by atoms with Gasteiger partial charge in [0, 0.05) is 35.4 Å². The van der Waals surface area contributed by atoms with Crippen molar-refractivity contribution in [1.29, 1.82) is 0 Å². The van der Waals surface area contributed by atoms with Crippen LogP contribution in [-0.4, -0.2) is 30.5 Å². The lowest BCUT2D eigenvalue weighted by Crippen LogP contribution is -2.48. The number of hydrogen-bond acceptors (Lipinski definition) is 7. The van der Waals surface area contributed by atoms with Crippen LogP contribution in [0.15, 0.2) is 32.0 Å². The molecular formula is C22H24N3O7-. The largest absolute Gasteiger partial charge is 0.548 e. The van der Waals surface area contributed by atoms with Crippen LogP contribution < -0.4 is 27.1 Å². The Bertz CT molecular complexity index is 1240. The molecule has 0 saturated heterocycles. The Balaban J connectivity index is 1.70. The fourth-order valence-electron chi connectivity index (χ4n) is 3.60. The maximum Gasteiger partial charge on any atom is 0.339 e. The number of urea groups is 1. The summed E-state index contributed by atoms with van der Waals surface area (Å²) in [6, 6.07) is 1.62. The number of aryl methyl sites for hydroxylation is 2. The molecule has 3 rings (SSSR count). The minimum Gasteiger partial charge on any atom is -0.548 e. The Labute approximate surface area is 182 Å². The van der Waals surface area contributed by atoms with Crippen molar-refractivity contribution in [3.63, 3.8) is 0 Å². The second-order valence-corrected chi connectivity index (χ2v) is 7.63. The Morgan fingerprint density at radius 2 is 1.91 bits per heavy atom. The summed E-state index contributed by atoms with van der Waals surface area (Å²) in [5.74, 6) is -1.97. The summed E-state index contributed by atoms with van der Waals surface area (Å²) >= 11 is 0. The molecule has 0 aliphatic carbocycles. The van der Waals surface area contributed by atoms with Crippen LogP contribution in [0.5, 0.6) is 0 Å². The van der Waals surface area contributed by atoms with Crippen molar-refractivity contribution in [3.05, 3.63) is 45.5 Å². The molecule has 0 unspecified atom stereocenters. The molecular weight excluding hydrogens is 418 g/mol. The normalized spacial score (nSPS) is 12.1. The quantitative estimate of drug-likeness (QED) is 0.325. The van der Waals surface area contributed by atoms with E-state index in [2.05, 4.69) is 10.6 Å². The lowest BCUT2D eigenvalue weighted by molar-refractivity contribution is -0.308. The smallest absolute Gasteiger partial charge is 0.339 e. The summed E-state index contributed by atoms with van der Waals surface area (Å²) < 4.78 is 10.9. The molecule has 32 heavy (non-hydrogen) atoms. The number of primary amides is 1. The molecule has 0 fully saturated rings. The topological polar surface area (TPSA) is 168 Å². The standard InChI is InChI=1S/C22H25N3O7/c1-11-10-31-17-9-18-15(8-14(11)17)12(2)13(21(29)32-18)5-6-19(26)25-16(20(27)28)4-3-7-24-22(23)30/h8-10,16H,3-7H2,1-2H3,(H,25,26)(H,27,28)(H3,23,24,30)/p-1/t16-/m0/s1. The van der Waals surface area contributed by atoms with Gasteiger partial charge in [0.25, 0.3) is 0 Å². The van der Waals surface area contributed by atoms with E-state index in [-0.39, 0.29) is 32.2 Å². The van der Waals surface area contributed by atoms with Crippen LogP contribution in [0.3, 0.4) is 0 Å². The molecule has 1 atom stereocenters. The van der Waals surface area contributed by atoms with Crippen molar-refractivity contribution < 1.29 is 28.3 Å². The van der Waals surface area contributed by atoms with Crippen LogP contribution >= 0.6 is 0 Å². The van der Waals surface area contributed by atoms with Crippen LogP contribution in [0.25, 0.3) is 21.9 Å². The number of hydrogen-bond donors (Lipinski definition) is 3. The van der Waals surface area contributed by atoms with Gasteiger partial charge in [0.15, 0.2) is 0 Å². The van der Waals surface area contributed by atoms with Gasteiger partial charge >= 0.3 is 11.7 Å². The van der Waals surface area contributed by atoms with Crippen LogP contribution in [0.1, 0.15) is 36.0 Å². The van der Waals surface area contributed by atoms with E-state index in [1.807, 2.05) is 13.0 Å². The highest BCUT2D eigenvalue weighted by Crippen LogP contribution is 2.29. The van der Waals surface area contributed by atoms with Gasteiger partial charge in [0.2, 0.25) is 5.91 Å². The summed E-state index contributed by atoms with van der Waals surface area (Å²) in [7, 11) is 0. The van der Waals surface area contributed by atoms with Crippen molar-refractivity contribution >= 4 is 39.8 Å². The van der Waals surface area contributed by atoms with Gasteiger partial charge in [-0.25, -0.2) is 9.59 Å². The van der Waals surface area contributed by atoms with Gasteiger partial charge in [0.05, 0.1) is 18.3 Å². The van der Waals surface area contributed by atoms with E-state index in [0.717, 1.165) is 16.3 Å². The highest BCUT2D eigenvalue weighted by Gasteiger charge is 2.17. The Kier molecular flexibility index (Phi) is 6.82. The van der Waals surface area contributed by atoms with Crippen molar-refractivity contribution in [2.45, 2.75) is 45.6 Å². The molecule has 0 radical (unpaired) electrons. The summed E-state index contributed by atoms with van der Waals surface area (Å²) in [6.07, 6.45) is 1.96. The summed E-state index contributed by atoms with van der Waals surface area (Å²) in [6.45, 7) is 3.87. The first-order valence-corrected chi connectivity index (χ1v) is 10.1. The third-order valence-corrected chi connectivity index (χ3v) is 5.37. The first kappa shape index (κ1) is 22.9. The average molecular weight is 442 g/mol. The number of aliphatic carboxylic acids is 1. The number of carbonyl (C=O) groups excluding carboxylic acids is 3. The van der Waals surface area contributed by atoms with E-state index in [9.17, 15) is 24.3 Å². The Hall–Kier alpha value is -3.82. The van der Waals surface area contributed by atoms with Crippen LogP contribution in [-0.2, 0) is 16.0 Å². The van der Waals surface area contributed by atoms with E-state index in [0.29, 0.717) is 22.3 Å². The third kappa shape index (κ3) is 5.08. The maximum atomic E-state index is 12.5. The second-order valence-electron chi connectivity index (χ2n) is 7.63. The van der Waals surface area contributed by atoms with Gasteiger partial charge < -0.3 is 35.1 Å². The van der Waals surface area contributed by atoms with Gasteiger partial charge in [-0.1, -0.05) is 0 Å². The molecule has 0 spiro atoms. The van der Waals surface area contributed by atoms with Gasteiger partial charge in [-0.2, -0.15) is 0 Å². The minimum atomic E-state index is -1.43. The molecule has 10 nitrogen and oxygen atoms in total. The molecule has 0 saturated carbocycles. The Morgan fingerprint density at radius 3 is 2.59 bits per heavy atom. The second kappa shape index (κ2) is 9.54. The molecule has 0 aliphatic heterocycles. The van der Waals surface area contributed by atoms with E-state index in [4.69, 9.17) is 14.6 Å². The average Bonchev–Trinajstić information content (AvgIpc) is 3.08. The molecule has 170 valence electrons. The fourth-order valence-corrected chi connectivity index (χ4v) is 3.60. The third-order valence-electron chi connectivity index (χ3n) is 5.37. The highest BCUT2D eigenvalue weighted by molar-refractivity contribution is 5.96. The summed E-state index contributed by atoms with van der Waals surface area (Å²) in [5.41, 5.74) is 7.40. The first-order chi connectivity index (χ1) is 15.2.